The van der Waals surface area contributed by atoms with Gasteiger partial charge in [0.2, 0.25) is 0 Å². The molecule has 0 aromatic carbocycles. The minimum atomic E-state index is 0.489. The van der Waals surface area contributed by atoms with Gasteiger partial charge in [0.15, 0.2) is 0 Å². The summed E-state index contributed by atoms with van der Waals surface area (Å²) in [6, 6.07) is 0. The number of allylic oxidation sites excluding steroid dienone is 3. The Bertz CT molecular complexity index is 240. The molecule has 1 atom stereocenters. The largest absolute Gasteiger partial charge is 0.367 e. The van der Waals surface area contributed by atoms with Crippen LogP contribution in [0.2, 0.25) is 0 Å². The smallest absolute Gasteiger partial charge is 0.0959 e. The van der Waals surface area contributed by atoms with Gasteiger partial charge in [-0.05, 0) is 32.8 Å². The van der Waals surface area contributed by atoms with Gasteiger partial charge in [0, 0.05) is 12.2 Å². The van der Waals surface area contributed by atoms with Crippen molar-refractivity contribution in [2.75, 3.05) is 6.54 Å². The fourth-order valence-electron chi connectivity index (χ4n) is 2.05. The molecule has 12 heavy (non-hydrogen) atoms. The van der Waals surface area contributed by atoms with Gasteiger partial charge in [-0.3, -0.25) is 0 Å². The molecule has 1 aliphatic heterocycles. The zero-order valence-corrected chi connectivity index (χ0v) is 7.80. The van der Waals surface area contributed by atoms with E-state index in [1.807, 2.05) is 0 Å². The van der Waals surface area contributed by atoms with Crippen LogP contribution in [0.1, 0.15) is 26.7 Å². The summed E-state index contributed by atoms with van der Waals surface area (Å²) in [5.74, 6) is 0. The van der Waals surface area contributed by atoms with Crippen molar-refractivity contribution in [3.63, 3.8) is 0 Å². The molecule has 0 bridgehead atoms. The van der Waals surface area contributed by atoms with Crippen LogP contribution in [0.5, 0.6) is 0 Å². The highest BCUT2D eigenvalue weighted by molar-refractivity contribution is 5.31. The highest BCUT2D eigenvalue weighted by Gasteiger charge is 2.25. The average Bonchev–Trinajstić information content (AvgIpc) is 2.40. The summed E-state index contributed by atoms with van der Waals surface area (Å²) < 4.78 is 0. The first kappa shape index (κ1) is 7.71. The van der Waals surface area contributed by atoms with Gasteiger partial charge in [-0.25, -0.2) is 0 Å². The van der Waals surface area contributed by atoms with Crippen LogP contribution >= 0.6 is 0 Å². The predicted molar refractivity (Wildman–Crippen MR) is 50.4 cm³/mol. The van der Waals surface area contributed by atoms with Gasteiger partial charge in [-0.2, -0.15) is 0 Å². The second-order valence-corrected chi connectivity index (χ2v) is 3.41. The normalized spacial score (nSPS) is 27.5. The lowest BCUT2D eigenvalue weighted by atomic mass is 10.1. The fourth-order valence-corrected chi connectivity index (χ4v) is 2.05. The molecule has 0 aromatic heterocycles. The van der Waals surface area contributed by atoms with E-state index in [0.717, 1.165) is 6.54 Å². The van der Waals surface area contributed by atoms with Crippen LogP contribution in [-0.2, 0) is 0 Å². The zero-order chi connectivity index (χ0) is 8.55. The molecular weight excluding hydrogens is 148 g/mol. The van der Waals surface area contributed by atoms with E-state index >= 15 is 0 Å². The molecule has 1 heterocycles. The van der Waals surface area contributed by atoms with E-state index in [0.29, 0.717) is 6.17 Å². The van der Waals surface area contributed by atoms with Gasteiger partial charge >= 0.3 is 0 Å². The quantitative estimate of drug-likeness (QED) is 0.636. The summed E-state index contributed by atoms with van der Waals surface area (Å²) in [6.45, 7) is 5.52. The predicted octanol–water partition coefficient (Wildman–Crippen LogP) is 1.82. The topological polar surface area (TPSA) is 15.3 Å². The van der Waals surface area contributed by atoms with Crippen molar-refractivity contribution in [1.82, 2.24) is 10.2 Å². The summed E-state index contributed by atoms with van der Waals surface area (Å²) in [7, 11) is 0. The van der Waals surface area contributed by atoms with E-state index in [4.69, 9.17) is 0 Å². The SMILES string of the molecule is CCN1C2=C(CCC=C2)NC1C. The molecule has 1 unspecified atom stereocenters. The molecule has 0 fully saturated rings. The maximum atomic E-state index is 3.51. The van der Waals surface area contributed by atoms with Gasteiger partial charge in [0.25, 0.3) is 0 Å². The third-order valence-electron chi connectivity index (χ3n) is 2.65. The maximum Gasteiger partial charge on any atom is 0.0959 e. The molecule has 0 aromatic rings. The lowest BCUT2D eigenvalue weighted by Gasteiger charge is -2.23. The first-order valence-electron chi connectivity index (χ1n) is 4.75. The lowest BCUT2D eigenvalue weighted by molar-refractivity contribution is 0.297. The Kier molecular flexibility index (Phi) is 1.83. The standard InChI is InChI=1S/C10H16N2/c1-3-12-8(2)11-9-6-4-5-7-10(9)12/h5,7-8,11H,3-4,6H2,1-2H3. The van der Waals surface area contributed by atoms with Crippen LogP contribution in [0.15, 0.2) is 23.5 Å². The van der Waals surface area contributed by atoms with Crippen LogP contribution in [-0.4, -0.2) is 17.6 Å². The van der Waals surface area contributed by atoms with Crippen molar-refractivity contribution in [3.8, 4) is 0 Å². The molecule has 0 radical (unpaired) electrons. The van der Waals surface area contributed by atoms with Crippen LogP contribution in [0, 0.1) is 0 Å². The highest BCUT2D eigenvalue weighted by atomic mass is 15.3. The van der Waals surface area contributed by atoms with Crippen molar-refractivity contribution >= 4 is 0 Å². The maximum absolute atomic E-state index is 3.51. The van der Waals surface area contributed by atoms with E-state index in [-0.39, 0.29) is 0 Å². The van der Waals surface area contributed by atoms with E-state index in [1.54, 1.807) is 0 Å². The molecule has 0 spiro atoms. The fraction of sp³-hybridized carbons (Fsp3) is 0.600. The summed E-state index contributed by atoms with van der Waals surface area (Å²) in [5, 5.41) is 3.51. The van der Waals surface area contributed by atoms with Gasteiger partial charge in [0.05, 0.1) is 11.9 Å². The van der Waals surface area contributed by atoms with Crippen molar-refractivity contribution < 1.29 is 0 Å². The molecule has 1 N–H and O–H groups in total. The molecule has 0 saturated carbocycles. The van der Waals surface area contributed by atoms with Crippen molar-refractivity contribution in [2.24, 2.45) is 0 Å². The van der Waals surface area contributed by atoms with Crippen LogP contribution in [0.25, 0.3) is 0 Å². The highest BCUT2D eigenvalue weighted by Crippen LogP contribution is 2.27. The summed E-state index contributed by atoms with van der Waals surface area (Å²) >= 11 is 0. The molecular formula is C10H16N2. The molecule has 2 rings (SSSR count). The van der Waals surface area contributed by atoms with Crippen LogP contribution in [0.3, 0.4) is 0 Å². The number of nitrogens with one attached hydrogen (secondary N) is 1. The van der Waals surface area contributed by atoms with Gasteiger partial charge in [-0.1, -0.05) is 6.08 Å². The Hall–Kier alpha value is -0.920. The molecule has 2 aliphatic rings. The minimum absolute atomic E-state index is 0.489. The minimum Gasteiger partial charge on any atom is -0.367 e. The van der Waals surface area contributed by atoms with E-state index < -0.39 is 0 Å². The van der Waals surface area contributed by atoms with E-state index in [1.165, 1.54) is 24.2 Å². The molecule has 2 heteroatoms. The number of rotatable bonds is 1. The van der Waals surface area contributed by atoms with Gasteiger partial charge in [0.1, 0.15) is 0 Å². The average molecular weight is 164 g/mol. The number of nitrogens with zero attached hydrogens (tertiary/aromatic N) is 1. The Morgan fingerprint density at radius 2 is 2.50 bits per heavy atom. The van der Waals surface area contributed by atoms with Crippen molar-refractivity contribution in [1.29, 1.82) is 0 Å². The second-order valence-electron chi connectivity index (χ2n) is 3.41. The van der Waals surface area contributed by atoms with E-state index in [2.05, 4.69) is 36.2 Å². The van der Waals surface area contributed by atoms with Gasteiger partial charge in [-0.15, -0.1) is 0 Å². The lowest BCUT2D eigenvalue weighted by Crippen LogP contribution is -2.33. The molecule has 1 aliphatic carbocycles. The molecule has 0 amide bonds. The molecule has 66 valence electrons. The first-order chi connectivity index (χ1) is 5.83. The second kappa shape index (κ2) is 2.85. The first-order valence-corrected chi connectivity index (χ1v) is 4.75. The van der Waals surface area contributed by atoms with E-state index in [9.17, 15) is 0 Å². The summed E-state index contributed by atoms with van der Waals surface area (Å²) in [5.41, 5.74) is 2.85. The third-order valence-corrected chi connectivity index (χ3v) is 2.65. The summed E-state index contributed by atoms with van der Waals surface area (Å²) in [6.07, 6.45) is 7.38. The Morgan fingerprint density at radius 3 is 3.25 bits per heavy atom. The van der Waals surface area contributed by atoms with Crippen molar-refractivity contribution in [2.45, 2.75) is 32.9 Å². The van der Waals surface area contributed by atoms with Crippen LogP contribution < -0.4 is 5.32 Å². The van der Waals surface area contributed by atoms with Gasteiger partial charge < -0.3 is 10.2 Å². The molecule has 0 saturated heterocycles. The monoisotopic (exact) mass is 164 g/mol. The third kappa shape index (κ3) is 1.02. The van der Waals surface area contributed by atoms with Crippen LogP contribution in [0.4, 0.5) is 0 Å². The number of hydrogen-bond donors (Lipinski definition) is 1. The molecule has 2 nitrogen and oxygen atoms in total. The zero-order valence-electron chi connectivity index (χ0n) is 7.80. The Morgan fingerprint density at radius 1 is 1.67 bits per heavy atom. The van der Waals surface area contributed by atoms with Crippen molar-refractivity contribution in [3.05, 3.63) is 23.5 Å². The number of hydrogen-bond acceptors (Lipinski definition) is 2. The Labute approximate surface area is 73.9 Å². The summed E-state index contributed by atoms with van der Waals surface area (Å²) in [4.78, 5) is 2.41. The number of likely N-dealkylation sites (N-methyl/N-ethyl adjacent to an activating group) is 1. The Balaban J connectivity index is 2.25.